The number of ether oxygens (including phenoxy) is 1. The molecule has 0 saturated carbocycles. The fourth-order valence-corrected chi connectivity index (χ4v) is 1.33. The molecule has 1 amide bonds. The number of nitrogens with one attached hydrogen (secondary N) is 1. The van der Waals surface area contributed by atoms with Crippen LogP contribution in [0.1, 0.15) is 25.8 Å². The smallest absolute Gasteiger partial charge is 0.427 e. The van der Waals surface area contributed by atoms with Crippen molar-refractivity contribution in [2.24, 2.45) is 5.10 Å². The van der Waals surface area contributed by atoms with E-state index in [-0.39, 0.29) is 0 Å². The molecule has 0 aromatic heterocycles. The number of aryl methyl sites for hydroxylation is 1. The average molecular weight is 234 g/mol. The summed E-state index contributed by atoms with van der Waals surface area (Å²) in [5, 5.41) is 3.95. The molecule has 0 spiro atoms. The minimum absolute atomic E-state index is 0.352. The lowest BCUT2D eigenvalue weighted by Gasteiger charge is -2.03. The fraction of sp³-hybridized carbons (Fsp3) is 0.385. The Morgan fingerprint density at radius 3 is 2.71 bits per heavy atom. The highest BCUT2D eigenvalue weighted by molar-refractivity contribution is 5.83. The van der Waals surface area contributed by atoms with Crippen LogP contribution < -0.4 is 5.43 Å². The van der Waals surface area contributed by atoms with Crippen LogP contribution in [0.3, 0.4) is 0 Å². The summed E-state index contributed by atoms with van der Waals surface area (Å²) in [6, 6.07) is 10.2. The Kier molecular flexibility index (Phi) is 5.79. The van der Waals surface area contributed by atoms with E-state index in [0.717, 1.165) is 18.6 Å². The van der Waals surface area contributed by atoms with Gasteiger partial charge in [-0.1, -0.05) is 30.3 Å². The van der Waals surface area contributed by atoms with Crippen molar-refractivity contribution in [1.29, 1.82) is 0 Å². The maximum absolute atomic E-state index is 11.0. The summed E-state index contributed by atoms with van der Waals surface area (Å²) < 4.78 is 4.70. The van der Waals surface area contributed by atoms with E-state index in [1.807, 2.05) is 25.1 Å². The molecule has 0 fully saturated rings. The van der Waals surface area contributed by atoms with Crippen molar-refractivity contribution < 1.29 is 9.53 Å². The SMILES string of the molecule is CCOC(=O)N/N=C(\C)CCc1ccccc1. The summed E-state index contributed by atoms with van der Waals surface area (Å²) >= 11 is 0. The quantitative estimate of drug-likeness (QED) is 0.629. The minimum atomic E-state index is -0.508. The summed E-state index contributed by atoms with van der Waals surface area (Å²) in [6.45, 7) is 3.99. The zero-order valence-electron chi connectivity index (χ0n) is 10.3. The van der Waals surface area contributed by atoms with Crippen LogP contribution in [0.15, 0.2) is 35.4 Å². The molecule has 0 unspecified atom stereocenters. The first-order chi connectivity index (χ1) is 8.22. The van der Waals surface area contributed by atoms with E-state index in [9.17, 15) is 4.79 Å². The predicted octanol–water partition coefficient (Wildman–Crippen LogP) is 2.74. The Balaban J connectivity index is 2.31. The van der Waals surface area contributed by atoms with Crippen LogP contribution in [-0.4, -0.2) is 18.4 Å². The number of carbonyl (C=O) groups is 1. The Morgan fingerprint density at radius 2 is 2.06 bits per heavy atom. The second-order valence-corrected chi connectivity index (χ2v) is 3.66. The third kappa shape index (κ3) is 5.70. The summed E-state index contributed by atoms with van der Waals surface area (Å²) in [5.74, 6) is 0. The highest BCUT2D eigenvalue weighted by atomic mass is 16.5. The Morgan fingerprint density at radius 1 is 1.35 bits per heavy atom. The van der Waals surface area contributed by atoms with E-state index in [0.29, 0.717) is 6.61 Å². The van der Waals surface area contributed by atoms with Crippen LogP contribution >= 0.6 is 0 Å². The molecule has 0 aliphatic rings. The van der Waals surface area contributed by atoms with E-state index >= 15 is 0 Å². The molecule has 92 valence electrons. The van der Waals surface area contributed by atoms with Gasteiger partial charge in [0.2, 0.25) is 0 Å². The molecule has 0 aliphatic carbocycles. The number of carbonyl (C=O) groups excluding carboxylic acids is 1. The zero-order valence-corrected chi connectivity index (χ0v) is 10.3. The van der Waals surface area contributed by atoms with Gasteiger partial charge in [-0.25, -0.2) is 10.2 Å². The second kappa shape index (κ2) is 7.44. The summed E-state index contributed by atoms with van der Waals surface area (Å²) in [5.41, 5.74) is 4.49. The molecule has 1 rings (SSSR count). The first kappa shape index (κ1) is 13.2. The maximum atomic E-state index is 11.0. The monoisotopic (exact) mass is 234 g/mol. The number of hydrazone groups is 1. The molecule has 4 heteroatoms. The Labute approximate surface area is 102 Å². The van der Waals surface area contributed by atoms with Crippen LogP contribution in [0.25, 0.3) is 0 Å². The van der Waals surface area contributed by atoms with Gasteiger partial charge in [0.25, 0.3) is 0 Å². The molecule has 0 radical (unpaired) electrons. The third-order valence-corrected chi connectivity index (χ3v) is 2.23. The molecule has 0 aliphatic heterocycles. The predicted molar refractivity (Wildman–Crippen MR) is 68.0 cm³/mol. The van der Waals surface area contributed by atoms with Crippen LogP contribution in [0.5, 0.6) is 0 Å². The second-order valence-electron chi connectivity index (χ2n) is 3.66. The first-order valence-corrected chi connectivity index (χ1v) is 5.72. The van der Waals surface area contributed by atoms with Gasteiger partial charge in [0, 0.05) is 5.71 Å². The van der Waals surface area contributed by atoms with Crippen LogP contribution in [-0.2, 0) is 11.2 Å². The standard InChI is InChI=1S/C13H18N2O2/c1-3-17-13(16)15-14-11(2)9-10-12-7-5-4-6-8-12/h4-8H,3,9-10H2,1-2H3,(H,15,16)/b14-11+. The van der Waals surface area contributed by atoms with Gasteiger partial charge in [-0.05, 0) is 32.3 Å². The van der Waals surface area contributed by atoms with Gasteiger partial charge in [0.05, 0.1) is 6.61 Å². The maximum Gasteiger partial charge on any atom is 0.427 e. The first-order valence-electron chi connectivity index (χ1n) is 5.72. The molecule has 0 saturated heterocycles. The molecule has 0 atom stereocenters. The Hall–Kier alpha value is -1.84. The molecule has 0 bridgehead atoms. The topological polar surface area (TPSA) is 50.7 Å². The highest BCUT2D eigenvalue weighted by Crippen LogP contribution is 2.02. The fourth-order valence-electron chi connectivity index (χ4n) is 1.33. The van der Waals surface area contributed by atoms with E-state index in [4.69, 9.17) is 4.74 Å². The lowest BCUT2D eigenvalue weighted by Crippen LogP contribution is -2.20. The van der Waals surface area contributed by atoms with E-state index in [2.05, 4.69) is 22.7 Å². The van der Waals surface area contributed by atoms with Gasteiger partial charge in [-0.3, -0.25) is 0 Å². The number of rotatable bonds is 5. The van der Waals surface area contributed by atoms with E-state index in [1.54, 1.807) is 6.92 Å². The van der Waals surface area contributed by atoms with Gasteiger partial charge in [-0.2, -0.15) is 5.10 Å². The van der Waals surface area contributed by atoms with Crippen molar-refractivity contribution >= 4 is 11.8 Å². The molecule has 0 heterocycles. The molecular formula is C13H18N2O2. The molecular weight excluding hydrogens is 216 g/mol. The molecule has 4 nitrogen and oxygen atoms in total. The lowest BCUT2D eigenvalue weighted by atomic mass is 10.1. The van der Waals surface area contributed by atoms with Crippen molar-refractivity contribution in [3.63, 3.8) is 0 Å². The Bertz CT molecular complexity index is 374. The minimum Gasteiger partial charge on any atom is -0.449 e. The van der Waals surface area contributed by atoms with Gasteiger partial charge in [-0.15, -0.1) is 0 Å². The zero-order chi connectivity index (χ0) is 12.5. The van der Waals surface area contributed by atoms with Gasteiger partial charge in [0.1, 0.15) is 0 Å². The molecule has 1 N–H and O–H groups in total. The molecule has 17 heavy (non-hydrogen) atoms. The molecule has 1 aromatic rings. The van der Waals surface area contributed by atoms with Gasteiger partial charge in [0.15, 0.2) is 0 Å². The van der Waals surface area contributed by atoms with Crippen molar-refractivity contribution in [3.05, 3.63) is 35.9 Å². The van der Waals surface area contributed by atoms with Crippen molar-refractivity contribution in [2.45, 2.75) is 26.7 Å². The van der Waals surface area contributed by atoms with E-state index < -0.39 is 6.09 Å². The number of hydrogen-bond acceptors (Lipinski definition) is 3. The van der Waals surface area contributed by atoms with Crippen LogP contribution in [0, 0.1) is 0 Å². The van der Waals surface area contributed by atoms with E-state index in [1.165, 1.54) is 5.56 Å². The molecule has 1 aromatic carbocycles. The number of amides is 1. The van der Waals surface area contributed by atoms with Gasteiger partial charge < -0.3 is 4.74 Å². The third-order valence-electron chi connectivity index (χ3n) is 2.23. The summed E-state index contributed by atoms with van der Waals surface area (Å²) in [7, 11) is 0. The largest absolute Gasteiger partial charge is 0.449 e. The van der Waals surface area contributed by atoms with Crippen molar-refractivity contribution in [1.82, 2.24) is 5.43 Å². The van der Waals surface area contributed by atoms with Crippen LogP contribution in [0.2, 0.25) is 0 Å². The number of benzene rings is 1. The average Bonchev–Trinajstić information content (AvgIpc) is 2.35. The lowest BCUT2D eigenvalue weighted by molar-refractivity contribution is 0.152. The van der Waals surface area contributed by atoms with Crippen molar-refractivity contribution in [3.8, 4) is 0 Å². The van der Waals surface area contributed by atoms with Crippen molar-refractivity contribution in [2.75, 3.05) is 6.61 Å². The summed E-state index contributed by atoms with van der Waals surface area (Å²) in [6.07, 6.45) is 1.23. The number of hydrogen-bond donors (Lipinski definition) is 1. The van der Waals surface area contributed by atoms with Gasteiger partial charge >= 0.3 is 6.09 Å². The highest BCUT2D eigenvalue weighted by Gasteiger charge is 1.99. The van der Waals surface area contributed by atoms with Crippen LogP contribution in [0.4, 0.5) is 4.79 Å². The number of nitrogens with zero attached hydrogens (tertiary/aromatic N) is 1. The normalized spacial score (nSPS) is 11.1. The summed E-state index contributed by atoms with van der Waals surface area (Å²) in [4.78, 5) is 11.0.